The van der Waals surface area contributed by atoms with Crippen LogP contribution < -0.4 is 11.1 Å². The molecule has 0 aliphatic carbocycles. The number of thiophene rings is 1. The summed E-state index contributed by atoms with van der Waals surface area (Å²) in [6, 6.07) is 11.8. The van der Waals surface area contributed by atoms with Gasteiger partial charge in [0, 0.05) is 6.54 Å². The van der Waals surface area contributed by atoms with Crippen molar-refractivity contribution in [1.82, 2.24) is 10.2 Å². The third-order valence-electron chi connectivity index (χ3n) is 4.48. The monoisotopic (exact) mass is 345 g/mol. The number of amides is 1. The van der Waals surface area contributed by atoms with E-state index in [0.717, 1.165) is 18.7 Å². The molecule has 0 aliphatic rings. The number of nitrogens with zero attached hydrogens (tertiary/aromatic N) is 1. The van der Waals surface area contributed by atoms with Crippen molar-refractivity contribution < 1.29 is 4.79 Å². The van der Waals surface area contributed by atoms with E-state index >= 15 is 0 Å². The average Bonchev–Trinajstić information content (AvgIpc) is 3.13. The van der Waals surface area contributed by atoms with Crippen LogP contribution in [0.4, 0.5) is 0 Å². The van der Waals surface area contributed by atoms with Crippen LogP contribution in [0.25, 0.3) is 0 Å². The average molecular weight is 346 g/mol. The lowest BCUT2D eigenvalue weighted by Crippen LogP contribution is -2.51. The Kier molecular flexibility index (Phi) is 6.54. The van der Waals surface area contributed by atoms with E-state index in [1.54, 1.807) is 18.3 Å². The summed E-state index contributed by atoms with van der Waals surface area (Å²) in [6.45, 7) is 8.46. The van der Waals surface area contributed by atoms with Crippen molar-refractivity contribution in [2.45, 2.75) is 32.4 Å². The van der Waals surface area contributed by atoms with Gasteiger partial charge in [0.2, 0.25) is 5.91 Å². The number of rotatable bonds is 8. The summed E-state index contributed by atoms with van der Waals surface area (Å²) in [6.07, 6.45) is 0. The van der Waals surface area contributed by atoms with E-state index in [2.05, 4.69) is 40.9 Å². The van der Waals surface area contributed by atoms with Crippen molar-refractivity contribution >= 4 is 17.2 Å². The number of benzene rings is 1. The van der Waals surface area contributed by atoms with E-state index in [4.69, 9.17) is 5.73 Å². The molecule has 2 aromatic rings. The predicted octanol–water partition coefficient (Wildman–Crippen LogP) is 3.12. The fourth-order valence-electron chi connectivity index (χ4n) is 2.88. The standard InChI is InChI=1S/C19H27N3OS/c1-4-22(5-2)17(15-11-12-24-14-15)13-21-18(23)19(3,20)16-9-7-6-8-10-16/h6-12,14,17H,4-5,13,20H2,1-3H3,(H,21,23). The molecule has 1 aromatic heterocycles. The SMILES string of the molecule is CCN(CC)C(CNC(=O)C(C)(N)c1ccccc1)c1ccsc1. The Bertz CT molecular complexity index is 621. The molecule has 130 valence electrons. The van der Waals surface area contributed by atoms with Crippen LogP contribution in [0.2, 0.25) is 0 Å². The summed E-state index contributed by atoms with van der Waals surface area (Å²) in [5, 5.41) is 7.28. The lowest BCUT2D eigenvalue weighted by molar-refractivity contribution is -0.126. The highest BCUT2D eigenvalue weighted by atomic mass is 32.1. The first-order valence-electron chi connectivity index (χ1n) is 8.39. The maximum absolute atomic E-state index is 12.7. The molecule has 2 rings (SSSR count). The highest BCUT2D eigenvalue weighted by Crippen LogP contribution is 2.23. The molecule has 1 aromatic carbocycles. The quantitative estimate of drug-likeness (QED) is 0.773. The highest BCUT2D eigenvalue weighted by Gasteiger charge is 2.31. The van der Waals surface area contributed by atoms with E-state index < -0.39 is 5.54 Å². The third kappa shape index (κ3) is 4.23. The van der Waals surface area contributed by atoms with E-state index in [9.17, 15) is 4.79 Å². The number of hydrogen-bond donors (Lipinski definition) is 2. The van der Waals surface area contributed by atoms with Crippen LogP contribution in [-0.2, 0) is 10.3 Å². The molecule has 1 heterocycles. The number of hydrogen-bond acceptors (Lipinski definition) is 4. The molecule has 0 saturated heterocycles. The van der Waals surface area contributed by atoms with E-state index in [0.29, 0.717) is 6.54 Å². The Morgan fingerprint density at radius 1 is 1.25 bits per heavy atom. The smallest absolute Gasteiger partial charge is 0.244 e. The number of nitrogens with one attached hydrogen (secondary N) is 1. The lowest BCUT2D eigenvalue weighted by atomic mass is 9.92. The summed E-state index contributed by atoms with van der Waals surface area (Å²) in [5.74, 6) is -0.152. The Balaban J connectivity index is 2.10. The molecule has 2 unspecified atom stereocenters. The third-order valence-corrected chi connectivity index (χ3v) is 5.18. The van der Waals surface area contributed by atoms with Crippen LogP contribution in [0.3, 0.4) is 0 Å². The Morgan fingerprint density at radius 3 is 2.46 bits per heavy atom. The first-order chi connectivity index (χ1) is 11.5. The van der Waals surface area contributed by atoms with Crippen LogP contribution in [0.15, 0.2) is 47.2 Å². The largest absolute Gasteiger partial charge is 0.352 e. The zero-order chi connectivity index (χ0) is 17.6. The van der Waals surface area contributed by atoms with Gasteiger partial charge in [-0.1, -0.05) is 44.2 Å². The van der Waals surface area contributed by atoms with Gasteiger partial charge in [0.1, 0.15) is 5.54 Å². The Hall–Kier alpha value is -1.69. The van der Waals surface area contributed by atoms with Crippen molar-refractivity contribution in [2.75, 3.05) is 19.6 Å². The van der Waals surface area contributed by atoms with Gasteiger partial charge in [0.05, 0.1) is 6.04 Å². The van der Waals surface area contributed by atoms with Gasteiger partial charge < -0.3 is 11.1 Å². The highest BCUT2D eigenvalue weighted by molar-refractivity contribution is 7.07. The maximum atomic E-state index is 12.7. The number of likely N-dealkylation sites (N-methyl/N-ethyl adjacent to an activating group) is 1. The molecule has 3 N–H and O–H groups in total. The van der Waals surface area contributed by atoms with Crippen LogP contribution in [0.1, 0.15) is 37.9 Å². The normalized spacial score (nSPS) is 15.0. The van der Waals surface area contributed by atoms with Gasteiger partial charge in [0.25, 0.3) is 0 Å². The molecule has 1 amide bonds. The fraction of sp³-hybridized carbons (Fsp3) is 0.421. The Morgan fingerprint density at radius 2 is 1.92 bits per heavy atom. The van der Waals surface area contributed by atoms with Gasteiger partial charge in [-0.3, -0.25) is 9.69 Å². The molecule has 2 atom stereocenters. The molecular formula is C19H27N3OS. The van der Waals surface area contributed by atoms with Crippen molar-refractivity contribution in [2.24, 2.45) is 5.73 Å². The van der Waals surface area contributed by atoms with E-state index in [1.807, 2.05) is 30.3 Å². The Labute approximate surface area is 148 Å². The van der Waals surface area contributed by atoms with Crippen molar-refractivity contribution in [1.29, 1.82) is 0 Å². The summed E-state index contributed by atoms with van der Waals surface area (Å²) >= 11 is 1.68. The predicted molar refractivity (Wildman–Crippen MR) is 101 cm³/mol. The van der Waals surface area contributed by atoms with Gasteiger partial charge in [-0.15, -0.1) is 0 Å². The van der Waals surface area contributed by atoms with Crippen LogP contribution >= 0.6 is 11.3 Å². The second-order valence-electron chi connectivity index (χ2n) is 6.07. The molecule has 0 bridgehead atoms. The minimum atomic E-state index is -1.04. The van der Waals surface area contributed by atoms with Gasteiger partial charge in [-0.05, 0) is 48.0 Å². The minimum absolute atomic E-state index is 0.152. The zero-order valence-corrected chi connectivity index (χ0v) is 15.5. The van der Waals surface area contributed by atoms with Crippen LogP contribution in [0, 0.1) is 0 Å². The van der Waals surface area contributed by atoms with Crippen LogP contribution in [0.5, 0.6) is 0 Å². The van der Waals surface area contributed by atoms with Gasteiger partial charge in [0.15, 0.2) is 0 Å². The van der Waals surface area contributed by atoms with E-state index in [1.165, 1.54) is 5.56 Å². The number of carbonyl (C=O) groups is 1. The molecule has 0 spiro atoms. The fourth-order valence-corrected chi connectivity index (χ4v) is 3.58. The molecule has 5 heteroatoms. The van der Waals surface area contributed by atoms with Gasteiger partial charge in [-0.2, -0.15) is 11.3 Å². The topological polar surface area (TPSA) is 58.4 Å². The number of carbonyl (C=O) groups excluding carboxylic acids is 1. The summed E-state index contributed by atoms with van der Waals surface area (Å²) in [7, 11) is 0. The molecule has 0 aliphatic heterocycles. The van der Waals surface area contributed by atoms with Crippen LogP contribution in [-0.4, -0.2) is 30.4 Å². The molecule has 0 radical (unpaired) electrons. The van der Waals surface area contributed by atoms with Gasteiger partial charge in [-0.25, -0.2) is 0 Å². The molecule has 4 nitrogen and oxygen atoms in total. The second-order valence-corrected chi connectivity index (χ2v) is 6.85. The minimum Gasteiger partial charge on any atom is -0.352 e. The second kappa shape index (κ2) is 8.42. The zero-order valence-electron chi connectivity index (χ0n) is 14.7. The van der Waals surface area contributed by atoms with Crippen molar-refractivity contribution in [3.63, 3.8) is 0 Å². The molecular weight excluding hydrogens is 318 g/mol. The molecule has 0 fully saturated rings. The first kappa shape index (κ1) is 18.6. The van der Waals surface area contributed by atoms with Gasteiger partial charge >= 0.3 is 0 Å². The summed E-state index contributed by atoms with van der Waals surface area (Å²) in [4.78, 5) is 15.0. The maximum Gasteiger partial charge on any atom is 0.244 e. The summed E-state index contributed by atoms with van der Waals surface area (Å²) < 4.78 is 0. The molecule has 24 heavy (non-hydrogen) atoms. The van der Waals surface area contributed by atoms with E-state index in [-0.39, 0.29) is 11.9 Å². The first-order valence-corrected chi connectivity index (χ1v) is 9.33. The van der Waals surface area contributed by atoms with Crippen molar-refractivity contribution in [3.05, 3.63) is 58.3 Å². The number of nitrogens with two attached hydrogens (primary N) is 1. The summed E-state index contributed by atoms with van der Waals surface area (Å²) in [5.41, 5.74) is 7.32. The molecule has 0 saturated carbocycles. The van der Waals surface area contributed by atoms with Crippen molar-refractivity contribution in [3.8, 4) is 0 Å². The lowest BCUT2D eigenvalue weighted by Gasteiger charge is -2.31.